The molecule has 1 atom stereocenters. The van der Waals surface area contributed by atoms with Crippen LogP contribution in [0.15, 0.2) is 0 Å². The van der Waals surface area contributed by atoms with Crippen LogP contribution in [0.1, 0.15) is 30.3 Å². The second kappa shape index (κ2) is 6.23. The number of aromatic nitrogens is 2. The molecule has 0 aromatic carbocycles. The lowest BCUT2D eigenvalue weighted by Crippen LogP contribution is -2.40. The number of hydrogen-bond acceptors (Lipinski definition) is 6. The van der Waals surface area contributed by atoms with E-state index < -0.39 is 0 Å². The number of nitrogens with two attached hydrogens (primary N) is 2. The third-order valence-corrected chi connectivity index (χ3v) is 3.80. The lowest BCUT2D eigenvalue weighted by atomic mass is 10.2. The average molecular weight is 299 g/mol. The number of hydrogen-bond donors (Lipinski definition) is 3. The minimum atomic E-state index is -0.375. The molecule has 7 nitrogen and oxygen atoms in total. The highest BCUT2D eigenvalue weighted by molar-refractivity contribution is 6.31. The molecule has 1 amide bonds. The number of carbonyl (C=O) groups is 1. The molecule has 5 N–H and O–H groups in total. The van der Waals surface area contributed by atoms with E-state index in [9.17, 15) is 4.79 Å². The molecule has 2 heterocycles. The van der Waals surface area contributed by atoms with Gasteiger partial charge in [-0.3, -0.25) is 9.69 Å². The van der Waals surface area contributed by atoms with Crippen molar-refractivity contribution in [3.05, 3.63) is 10.8 Å². The van der Waals surface area contributed by atoms with Gasteiger partial charge in [-0.05, 0) is 25.9 Å². The Labute approximate surface area is 122 Å². The molecule has 1 aromatic rings. The number of likely N-dealkylation sites (N-methyl/N-ethyl adjacent to an activating group) is 1. The molecule has 1 aliphatic heterocycles. The van der Waals surface area contributed by atoms with Gasteiger partial charge in [-0.1, -0.05) is 18.5 Å². The third-order valence-electron chi connectivity index (χ3n) is 3.52. The van der Waals surface area contributed by atoms with Crippen molar-refractivity contribution >= 4 is 29.1 Å². The van der Waals surface area contributed by atoms with E-state index in [1.807, 2.05) is 0 Å². The van der Waals surface area contributed by atoms with Crippen LogP contribution in [-0.2, 0) is 0 Å². The first kappa shape index (κ1) is 14.8. The molecule has 0 saturated carbocycles. The largest absolute Gasteiger partial charge is 0.382 e. The highest BCUT2D eigenvalue weighted by Crippen LogP contribution is 2.18. The van der Waals surface area contributed by atoms with Gasteiger partial charge >= 0.3 is 0 Å². The van der Waals surface area contributed by atoms with Crippen molar-refractivity contribution in [2.45, 2.75) is 25.8 Å². The quantitative estimate of drug-likeness (QED) is 0.747. The smallest absolute Gasteiger partial charge is 0.273 e. The summed E-state index contributed by atoms with van der Waals surface area (Å²) in [7, 11) is 0. The Bertz CT molecular complexity index is 509. The Balaban J connectivity index is 2.00. The summed E-state index contributed by atoms with van der Waals surface area (Å²) >= 11 is 5.76. The summed E-state index contributed by atoms with van der Waals surface area (Å²) in [4.78, 5) is 22.1. The summed E-state index contributed by atoms with van der Waals surface area (Å²) in [6.45, 7) is 4.74. The van der Waals surface area contributed by atoms with Gasteiger partial charge in [-0.15, -0.1) is 0 Å². The van der Waals surface area contributed by atoms with E-state index >= 15 is 0 Å². The Morgan fingerprint density at radius 1 is 1.45 bits per heavy atom. The molecule has 1 saturated heterocycles. The molecule has 0 unspecified atom stereocenters. The zero-order valence-electron chi connectivity index (χ0n) is 11.4. The van der Waals surface area contributed by atoms with Crippen LogP contribution in [0.3, 0.4) is 0 Å². The van der Waals surface area contributed by atoms with E-state index in [0.717, 1.165) is 25.9 Å². The minimum Gasteiger partial charge on any atom is -0.382 e. The van der Waals surface area contributed by atoms with Gasteiger partial charge < -0.3 is 16.8 Å². The van der Waals surface area contributed by atoms with E-state index in [1.54, 1.807) is 0 Å². The number of anilines is 2. The highest BCUT2D eigenvalue weighted by atomic mass is 35.5. The second-order valence-electron chi connectivity index (χ2n) is 4.77. The zero-order valence-corrected chi connectivity index (χ0v) is 12.2. The predicted molar refractivity (Wildman–Crippen MR) is 78.5 cm³/mol. The van der Waals surface area contributed by atoms with Crippen LogP contribution in [0.25, 0.3) is 0 Å². The van der Waals surface area contributed by atoms with Gasteiger partial charge in [0.15, 0.2) is 22.5 Å². The first-order valence-corrected chi connectivity index (χ1v) is 7.01. The van der Waals surface area contributed by atoms with Gasteiger partial charge in [-0.25, -0.2) is 9.97 Å². The number of rotatable bonds is 4. The van der Waals surface area contributed by atoms with Crippen LogP contribution in [0, 0.1) is 0 Å². The normalized spacial score (nSPS) is 19.2. The van der Waals surface area contributed by atoms with Gasteiger partial charge in [0.05, 0.1) is 0 Å². The van der Waals surface area contributed by atoms with Crippen LogP contribution in [0.4, 0.5) is 11.6 Å². The van der Waals surface area contributed by atoms with E-state index in [-0.39, 0.29) is 28.4 Å². The fourth-order valence-electron chi connectivity index (χ4n) is 2.45. The van der Waals surface area contributed by atoms with E-state index in [4.69, 9.17) is 23.1 Å². The Morgan fingerprint density at radius 2 is 2.20 bits per heavy atom. The van der Waals surface area contributed by atoms with Crippen molar-refractivity contribution in [1.82, 2.24) is 20.2 Å². The second-order valence-corrected chi connectivity index (χ2v) is 5.13. The molecular weight excluding hydrogens is 280 g/mol. The monoisotopic (exact) mass is 298 g/mol. The van der Waals surface area contributed by atoms with E-state index in [2.05, 4.69) is 27.1 Å². The molecule has 0 spiro atoms. The summed E-state index contributed by atoms with van der Waals surface area (Å²) in [5.41, 5.74) is 11.1. The fraction of sp³-hybridized carbons (Fsp3) is 0.583. The average Bonchev–Trinajstić information content (AvgIpc) is 2.87. The Kier molecular flexibility index (Phi) is 4.61. The maximum absolute atomic E-state index is 12.1. The molecule has 0 bridgehead atoms. The third kappa shape index (κ3) is 3.10. The molecular formula is C12H19ClN6O. The van der Waals surface area contributed by atoms with Gasteiger partial charge in [-0.2, -0.15) is 0 Å². The van der Waals surface area contributed by atoms with E-state index in [0.29, 0.717) is 12.6 Å². The van der Waals surface area contributed by atoms with Crippen molar-refractivity contribution < 1.29 is 4.79 Å². The Morgan fingerprint density at radius 3 is 2.90 bits per heavy atom. The number of halogens is 1. The first-order chi connectivity index (χ1) is 9.52. The predicted octanol–water partition coefficient (Wildman–Crippen LogP) is 0.509. The number of likely N-dealkylation sites (tertiary alicyclic amines) is 1. The molecule has 20 heavy (non-hydrogen) atoms. The number of carbonyl (C=O) groups excluding carboxylic acids is 1. The topological polar surface area (TPSA) is 110 Å². The SMILES string of the molecule is CCN1CCC[C@@H]1CNC(=O)c1nc(Cl)c(N)nc1N. The maximum Gasteiger partial charge on any atom is 0.273 e. The lowest BCUT2D eigenvalue weighted by Gasteiger charge is -2.22. The van der Waals surface area contributed by atoms with Crippen LogP contribution < -0.4 is 16.8 Å². The van der Waals surface area contributed by atoms with Crippen molar-refractivity contribution in [3.63, 3.8) is 0 Å². The zero-order chi connectivity index (χ0) is 14.7. The van der Waals surface area contributed by atoms with Crippen molar-refractivity contribution in [3.8, 4) is 0 Å². The van der Waals surface area contributed by atoms with Gasteiger partial charge in [0.2, 0.25) is 0 Å². The number of nitrogen functional groups attached to an aromatic ring is 2. The molecule has 8 heteroatoms. The standard InChI is InChI=1S/C12H19ClN6O/c1-2-19-5-3-4-7(19)6-16-12(20)8-10(14)18-11(15)9(13)17-8/h7H,2-6H2,1H3,(H,16,20)(H4,14,15,18)/t7-/m1/s1. The van der Waals surface area contributed by atoms with Gasteiger partial charge in [0.1, 0.15) is 0 Å². The van der Waals surface area contributed by atoms with Crippen molar-refractivity contribution in [2.75, 3.05) is 31.1 Å². The summed E-state index contributed by atoms with van der Waals surface area (Å²) in [6, 6.07) is 0.363. The highest BCUT2D eigenvalue weighted by Gasteiger charge is 2.24. The molecule has 1 aromatic heterocycles. The summed E-state index contributed by atoms with van der Waals surface area (Å²) in [5, 5.41) is 2.82. The maximum atomic E-state index is 12.1. The first-order valence-electron chi connectivity index (χ1n) is 6.63. The number of amides is 1. The van der Waals surface area contributed by atoms with Gasteiger partial charge in [0, 0.05) is 12.6 Å². The number of nitrogens with zero attached hydrogens (tertiary/aromatic N) is 3. The molecule has 0 radical (unpaired) electrons. The van der Waals surface area contributed by atoms with E-state index in [1.165, 1.54) is 0 Å². The van der Waals surface area contributed by atoms with Crippen LogP contribution in [0.2, 0.25) is 5.15 Å². The minimum absolute atomic E-state index is 0.0110. The van der Waals surface area contributed by atoms with Crippen LogP contribution in [0.5, 0.6) is 0 Å². The molecule has 0 aliphatic carbocycles. The lowest BCUT2D eigenvalue weighted by molar-refractivity contribution is 0.0937. The van der Waals surface area contributed by atoms with Gasteiger partial charge in [0.25, 0.3) is 5.91 Å². The van der Waals surface area contributed by atoms with Crippen molar-refractivity contribution in [2.24, 2.45) is 0 Å². The summed E-state index contributed by atoms with van der Waals surface area (Å²) in [5.74, 6) is -0.364. The molecule has 1 aliphatic rings. The van der Waals surface area contributed by atoms with Crippen LogP contribution in [-0.4, -0.2) is 46.5 Å². The summed E-state index contributed by atoms with van der Waals surface area (Å²) < 4.78 is 0. The molecule has 110 valence electrons. The van der Waals surface area contributed by atoms with Crippen LogP contribution >= 0.6 is 11.6 Å². The number of nitrogens with one attached hydrogen (secondary N) is 1. The molecule has 1 fully saturated rings. The molecule has 2 rings (SSSR count). The van der Waals surface area contributed by atoms with Crippen molar-refractivity contribution in [1.29, 1.82) is 0 Å². The fourth-order valence-corrected chi connectivity index (χ4v) is 2.57. The summed E-state index contributed by atoms with van der Waals surface area (Å²) in [6.07, 6.45) is 2.24. The Hall–Kier alpha value is -1.60.